The summed E-state index contributed by atoms with van der Waals surface area (Å²) in [5.74, 6) is 0.796. The molecule has 1 aliphatic heterocycles. The van der Waals surface area contributed by atoms with E-state index in [4.69, 9.17) is 0 Å². The van der Waals surface area contributed by atoms with Gasteiger partial charge in [-0.25, -0.2) is 4.68 Å². The summed E-state index contributed by atoms with van der Waals surface area (Å²) in [6.45, 7) is 0. The molecule has 4 heteroatoms. The Morgan fingerprint density at radius 1 is 1.50 bits per heavy atom. The fraction of sp³-hybridized carbons (Fsp3) is 0. The maximum Gasteiger partial charge on any atom is 0.179 e. The van der Waals surface area contributed by atoms with E-state index < -0.39 is 0 Å². The first-order valence-electron chi connectivity index (χ1n) is 2.24. The molecule has 8 heavy (non-hydrogen) atoms. The van der Waals surface area contributed by atoms with Gasteiger partial charge in [-0.3, -0.25) is 0 Å². The Balaban J connectivity index is 2.67. The first kappa shape index (κ1) is 3.65. The van der Waals surface area contributed by atoms with Gasteiger partial charge in [0.25, 0.3) is 0 Å². The summed E-state index contributed by atoms with van der Waals surface area (Å²) >= 11 is 0. The average molecular weight is 107 g/mol. The highest BCUT2D eigenvalue weighted by Crippen LogP contribution is 2.06. The smallest absolute Gasteiger partial charge is 0.179 e. The van der Waals surface area contributed by atoms with E-state index in [1.807, 2.05) is 0 Å². The molecule has 0 fully saturated rings. The zero-order chi connectivity index (χ0) is 5.40. The van der Waals surface area contributed by atoms with Crippen LogP contribution in [0.2, 0.25) is 0 Å². The molecular weight excluding hydrogens is 104 g/mol. The van der Waals surface area contributed by atoms with Crippen molar-refractivity contribution < 1.29 is 0 Å². The zero-order valence-corrected chi connectivity index (χ0v) is 4.02. The summed E-state index contributed by atoms with van der Waals surface area (Å²) in [5, 5.41) is 7.48. The maximum atomic E-state index is 3.87. The Labute approximate surface area is 45.8 Å². The number of rotatable bonds is 0. The molecule has 1 aromatic heterocycles. The summed E-state index contributed by atoms with van der Waals surface area (Å²) < 4.78 is 1.61. The van der Waals surface area contributed by atoms with Gasteiger partial charge in [-0.2, -0.15) is 5.10 Å². The topological polar surface area (TPSA) is 44.3 Å². The van der Waals surface area contributed by atoms with Gasteiger partial charge in [-0.05, 0) is 0 Å². The molecule has 0 spiro atoms. The molecule has 0 aliphatic carbocycles. The van der Waals surface area contributed by atoms with E-state index in [2.05, 4.69) is 15.6 Å². The van der Waals surface area contributed by atoms with Crippen molar-refractivity contribution in [3.63, 3.8) is 0 Å². The Bertz CT molecular complexity index is 224. The molecule has 0 bridgehead atoms. The Hall–Kier alpha value is -1.32. The molecule has 0 amide bonds. The van der Waals surface area contributed by atoms with Gasteiger partial charge in [0.1, 0.15) is 6.34 Å². The lowest BCUT2D eigenvalue weighted by Crippen LogP contribution is -1.90. The van der Waals surface area contributed by atoms with Crippen LogP contribution in [-0.4, -0.2) is 16.1 Å². The lowest BCUT2D eigenvalue weighted by atomic mass is 10.7. The van der Waals surface area contributed by atoms with Crippen LogP contribution < -0.4 is 5.43 Å². The van der Waals surface area contributed by atoms with Crippen LogP contribution in [0.5, 0.6) is 0 Å². The van der Waals surface area contributed by atoms with Crippen molar-refractivity contribution >= 4 is 12.2 Å². The summed E-state index contributed by atoms with van der Waals surface area (Å²) in [6, 6.07) is 1.80. The largest absolute Gasteiger partial charge is 0.200 e. The van der Waals surface area contributed by atoms with Crippen LogP contribution in [0, 0.1) is 0 Å². The SMILES string of the molecule is C1=N[N]c2ccnn21. The second-order valence-corrected chi connectivity index (χ2v) is 1.46. The van der Waals surface area contributed by atoms with E-state index in [1.165, 1.54) is 0 Å². The molecule has 39 valence electrons. The quantitative estimate of drug-likeness (QED) is 0.457. The van der Waals surface area contributed by atoms with Crippen molar-refractivity contribution in [3.05, 3.63) is 12.3 Å². The molecule has 0 N–H and O–H groups in total. The molecule has 0 atom stereocenters. The highest BCUT2D eigenvalue weighted by Gasteiger charge is 2.03. The van der Waals surface area contributed by atoms with Crippen LogP contribution >= 0.6 is 0 Å². The molecule has 0 saturated carbocycles. The number of nitrogens with zero attached hydrogens (tertiary/aromatic N) is 4. The van der Waals surface area contributed by atoms with Crippen molar-refractivity contribution in [1.82, 2.24) is 15.2 Å². The van der Waals surface area contributed by atoms with E-state index in [1.54, 1.807) is 23.3 Å². The molecule has 1 radical (unpaired) electrons. The predicted molar refractivity (Wildman–Crippen MR) is 27.9 cm³/mol. The minimum atomic E-state index is 0.796. The van der Waals surface area contributed by atoms with Crippen molar-refractivity contribution in [2.75, 3.05) is 0 Å². The number of fused-ring (bicyclic) bond motifs is 1. The molecule has 0 unspecified atom stereocenters. The second-order valence-electron chi connectivity index (χ2n) is 1.46. The molecule has 0 saturated heterocycles. The molecule has 4 nitrogen and oxygen atoms in total. The predicted octanol–water partition coefficient (Wildman–Crippen LogP) is -0.0760. The molecule has 0 aromatic carbocycles. The minimum absolute atomic E-state index is 0.796. The number of hydrogen-bond acceptors (Lipinski definition) is 2. The zero-order valence-electron chi connectivity index (χ0n) is 4.02. The third-order valence-corrected chi connectivity index (χ3v) is 0.971. The van der Waals surface area contributed by atoms with Gasteiger partial charge in [0.05, 0.1) is 6.20 Å². The average Bonchev–Trinajstić information content (AvgIpc) is 2.15. The van der Waals surface area contributed by atoms with Crippen LogP contribution in [0.15, 0.2) is 17.4 Å². The summed E-state index contributed by atoms with van der Waals surface area (Å²) in [6.07, 6.45) is 3.25. The molecule has 1 aliphatic rings. The van der Waals surface area contributed by atoms with Crippen molar-refractivity contribution in [2.45, 2.75) is 0 Å². The standard InChI is InChI=1S/C4H3N4/c1-2-6-8-3-5-7-4(1)8/h1-3H. The van der Waals surface area contributed by atoms with Gasteiger partial charge in [-0.15, -0.1) is 10.5 Å². The maximum absolute atomic E-state index is 3.87. The molecule has 2 rings (SSSR count). The third-order valence-electron chi connectivity index (χ3n) is 0.971. The van der Waals surface area contributed by atoms with Crippen LogP contribution in [0.25, 0.3) is 0 Å². The third kappa shape index (κ3) is 0.294. The lowest BCUT2D eigenvalue weighted by molar-refractivity contribution is 0.925. The van der Waals surface area contributed by atoms with Gasteiger partial charge in [-0.1, -0.05) is 0 Å². The van der Waals surface area contributed by atoms with E-state index in [-0.39, 0.29) is 0 Å². The fourth-order valence-corrected chi connectivity index (χ4v) is 0.609. The molecular formula is C4H3N4. The van der Waals surface area contributed by atoms with E-state index >= 15 is 0 Å². The van der Waals surface area contributed by atoms with Crippen LogP contribution in [0.4, 0.5) is 5.82 Å². The summed E-state index contributed by atoms with van der Waals surface area (Å²) in [5.41, 5.74) is 3.73. The Morgan fingerprint density at radius 3 is 3.38 bits per heavy atom. The van der Waals surface area contributed by atoms with Crippen LogP contribution in [0.1, 0.15) is 0 Å². The second kappa shape index (κ2) is 1.09. The highest BCUT2D eigenvalue weighted by molar-refractivity contribution is 5.65. The minimum Gasteiger partial charge on any atom is -0.200 e. The van der Waals surface area contributed by atoms with Crippen LogP contribution in [0.3, 0.4) is 0 Å². The lowest BCUT2D eigenvalue weighted by Gasteiger charge is -1.81. The highest BCUT2D eigenvalue weighted by atomic mass is 15.5. The number of aromatic nitrogens is 2. The van der Waals surface area contributed by atoms with Crippen molar-refractivity contribution in [3.8, 4) is 0 Å². The van der Waals surface area contributed by atoms with Crippen LogP contribution in [-0.2, 0) is 0 Å². The Morgan fingerprint density at radius 2 is 2.50 bits per heavy atom. The molecule has 2 heterocycles. The van der Waals surface area contributed by atoms with Gasteiger partial charge in [0.15, 0.2) is 5.82 Å². The van der Waals surface area contributed by atoms with Crippen molar-refractivity contribution in [1.29, 1.82) is 0 Å². The van der Waals surface area contributed by atoms with E-state index in [0.717, 1.165) is 5.82 Å². The Kier molecular flexibility index (Phi) is 0.498. The van der Waals surface area contributed by atoms with Gasteiger partial charge < -0.3 is 0 Å². The van der Waals surface area contributed by atoms with Gasteiger partial charge in [0.2, 0.25) is 0 Å². The van der Waals surface area contributed by atoms with Gasteiger partial charge >= 0.3 is 0 Å². The fourth-order valence-electron chi connectivity index (χ4n) is 0.609. The van der Waals surface area contributed by atoms with E-state index in [0.29, 0.717) is 0 Å². The van der Waals surface area contributed by atoms with Gasteiger partial charge in [0, 0.05) is 6.07 Å². The first-order valence-corrected chi connectivity index (χ1v) is 2.24. The van der Waals surface area contributed by atoms with E-state index in [9.17, 15) is 0 Å². The first-order chi connectivity index (χ1) is 3.97. The summed E-state index contributed by atoms with van der Waals surface area (Å²) in [4.78, 5) is 0. The molecule has 1 aromatic rings. The summed E-state index contributed by atoms with van der Waals surface area (Å²) in [7, 11) is 0. The number of hydrogen-bond donors (Lipinski definition) is 0. The van der Waals surface area contributed by atoms with Crippen molar-refractivity contribution in [2.24, 2.45) is 5.10 Å². The normalized spacial score (nSPS) is 13.5. The monoisotopic (exact) mass is 107 g/mol.